The summed E-state index contributed by atoms with van der Waals surface area (Å²) in [5.41, 5.74) is 3.62. The van der Waals surface area contributed by atoms with Crippen molar-refractivity contribution >= 4 is 34.8 Å². The molecule has 1 N–H and O–H groups in total. The van der Waals surface area contributed by atoms with Gasteiger partial charge in [0.2, 0.25) is 5.91 Å². The van der Waals surface area contributed by atoms with Gasteiger partial charge in [0.15, 0.2) is 0 Å². The van der Waals surface area contributed by atoms with E-state index in [1.54, 1.807) is 6.07 Å². The molecule has 1 aliphatic rings. The van der Waals surface area contributed by atoms with E-state index in [1.807, 2.05) is 12.1 Å². The lowest BCUT2D eigenvalue weighted by Gasteiger charge is -2.24. The predicted molar refractivity (Wildman–Crippen MR) is 105 cm³/mol. The summed E-state index contributed by atoms with van der Waals surface area (Å²) in [6.45, 7) is 3.53. The third-order valence-corrected chi connectivity index (χ3v) is 5.25. The maximum Gasteiger partial charge on any atom is 0.221 e. The van der Waals surface area contributed by atoms with Crippen LogP contribution in [0.3, 0.4) is 0 Å². The number of nitrogens with one attached hydrogen (secondary N) is 1. The first-order valence-corrected chi connectivity index (χ1v) is 9.35. The highest BCUT2D eigenvalue weighted by Gasteiger charge is 2.25. The molecule has 1 atom stereocenters. The van der Waals surface area contributed by atoms with Crippen LogP contribution in [0.5, 0.6) is 0 Å². The van der Waals surface area contributed by atoms with E-state index < -0.39 is 0 Å². The second-order valence-corrected chi connectivity index (χ2v) is 7.30. The van der Waals surface area contributed by atoms with Gasteiger partial charge in [-0.25, -0.2) is 0 Å². The first-order valence-electron chi connectivity index (χ1n) is 8.60. The van der Waals surface area contributed by atoms with Crippen LogP contribution in [0.2, 0.25) is 10.0 Å². The van der Waals surface area contributed by atoms with Gasteiger partial charge in [-0.15, -0.1) is 0 Å². The van der Waals surface area contributed by atoms with Crippen LogP contribution in [0.4, 0.5) is 5.69 Å². The highest BCUT2D eigenvalue weighted by Crippen LogP contribution is 2.31. The number of anilines is 1. The standard InChI is InChI=1S/C20H22Cl2N2O/c1-14-12-16-4-2-3-5-19(16)24(14)11-9-20(25)23-10-8-15-6-7-17(21)13-18(15)22/h2-7,13-14H,8-12H2,1H3,(H,23,25). The molecule has 0 aromatic heterocycles. The maximum absolute atomic E-state index is 12.2. The van der Waals surface area contributed by atoms with Crippen LogP contribution in [0.15, 0.2) is 42.5 Å². The van der Waals surface area contributed by atoms with Crippen LogP contribution in [0.1, 0.15) is 24.5 Å². The van der Waals surface area contributed by atoms with Crippen molar-refractivity contribution in [3.8, 4) is 0 Å². The van der Waals surface area contributed by atoms with Crippen molar-refractivity contribution in [2.75, 3.05) is 18.0 Å². The lowest BCUT2D eigenvalue weighted by molar-refractivity contribution is -0.120. The van der Waals surface area contributed by atoms with Crippen LogP contribution in [-0.4, -0.2) is 25.0 Å². The zero-order valence-corrected chi connectivity index (χ0v) is 15.8. The molecule has 5 heteroatoms. The van der Waals surface area contributed by atoms with Gasteiger partial charge in [0, 0.05) is 41.3 Å². The maximum atomic E-state index is 12.2. The lowest BCUT2D eigenvalue weighted by atomic mass is 10.1. The molecule has 1 unspecified atom stereocenters. The Labute approximate surface area is 158 Å². The number of amides is 1. The Bertz CT molecular complexity index is 763. The number of nitrogens with zero attached hydrogens (tertiary/aromatic N) is 1. The molecule has 1 amide bonds. The third kappa shape index (κ3) is 4.47. The third-order valence-electron chi connectivity index (χ3n) is 4.66. The molecule has 0 saturated heterocycles. The minimum absolute atomic E-state index is 0.0710. The molecule has 0 aliphatic carbocycles. The van der Waals surface area contributed by atoms with Gasteiger partial charge in [-0.3, -0.25) is 4.79 Å². The Kier molecular flexibility index (Phi) is 5.87. The van der Waals surface area contributed by atoms with Crippen molar-refractivity contribution < 1.29 is 4.79 Å². The van der Waals surface area contributed by atoms with E-state index in [-0.39, 0.29) is 5.91 Å². The van der Waals surface area contributed by atoms with Crippen LogP contribution < -0.4 is 10.2 Å². The molecule has 3 rings (SSSR count). The van der Waals surface area contributed by atoms with E-state index in [0.717, 1.165) is 18.5 Å². The monoisotopic (exact) mass is 376 g/mol. The summed E-state index contributed by atoms with van der Waals surface area (Å²) < 4.78 is 0. The Morgan fingerprint density at radius 3 is 2.84 bits per heavy atom. The fraction of sp³-hybridized carbons (Fsp3) is 0.350. The molecule has 25 heavy (non-hydrogen) atoms. The van der Waals surface area contributed by atoms with Gasteiger partial charge in [0.05, 0.1) is 0 Å². The summed E-state index contributed by atoms with van der Waals surface area (Å²) in [7, 11) is 0. The van der Waals surface area contributed by atoms with Gasteiger partial charge < -0.3 is 10.2 Å². The average Bonchev–Trinajstić information content (AvgIpc) is 2.90. The van der Waals surface area contributed by atoms with E-state index in [1.165, 1.54) is 11.3 Å². The van der Waals surface area contributed by atoms with E-state index >= 15 is 0 Å². The van der Waals surface area contributed by atoms with Crippen LogP contribution in [0.25, 0.3) is 0 Å². The highest BCUT2D eigenvalue weighted by molar-refractivity contribution is 6.35. The lowest BCUT2D eigenvalue weighted by Crippen LogP contribution is -2.34. The Morgan fingerprint density at radius 1 is 1.24 bits per heavy atom. The van der Waals surface area contributed by atoms with Crippen LogP contribution >= 0.6 is 23.2 Å². The minimum Gasteiger partial charge on any atom is -0.368 e. The largest absolute Gasteiger partial charge is 0.368 e. The van der Waals surface area contributed by atoms with E-state index in [4.69, 9.17) is 23.2 Å². The molecule has 1 aliphatic heterocycles. The summed E-state index contributed by atoms with van der Waals surface area (Å²) in [5, 5.41) is 4.24. The molecular weight excluding hydrogens is 355 g/mol. The summed E-state index contributed by atoms with van der Waals surface area (Å²) in [5.74, 6) is 0.0710. The topological polar surface area (TPSA) is 32.3 Å². The minimum atomic E-state index is 0.0710. The van der Waals surface area contributed by atoms with Crippen molar-refractivity contribution in [3.63, 3.8) is 0 Å². The number of hydrogen-bond acceptors (Lipinski definition) is 2. The van der Waals surface area contributed by atoms with Crippen molar-refractivity contribution in [1.29, 1.82) is 0 Å². The molecule has 0 radical (unpaired) electrons. The molecule has 1 heterocycles. The van der Waals surface area contributed by atoms with Gasteiger partial charge in [-0.1, -0.05) is 47.5 Å². The van der Waals surface area contributed by atoms with Crippen molar-refractivity contribution in [2.24, 2.45) is 0 Å². The number of rotatable bonds is 6. The number of benzene rings is 2. The summed E-state index contributed by atoms with van der Waals surface area (Å²) >= 11 is 12.0. The predicted octanol–water partition coefficient (Wildman–Crippen LogP) is 4.49. The van der Waals surface area contributed by atoms with E-state index in [9.17, 15) is 4.79 Å². The number of carbonyl (C=O) groups is 1. The first-order chi connectivity index (χ1) is 12.0. The van der Waals surface area contributed by atoms with Gasteiger partial charge in [-0.2, -0.15) is 0 Å². The van der Waals surface area contributed by atoms with E-state index in [2.05, 4.69) is 41.4 Å². The number of halogens is 2. The van der Waals surface area contributed by atoms with Crippen LogP contribution in [-0.2, 0) is 17.6 Å². The van der Waals surface area contributed by atoms with Crippen molar-refractivity contribution in [1.82, 2.24) is 5.32 Å². The zero-order chi connectivity index (χ0) is 17.8. The molecule has 132 valence electrons. The quantitative estimate of drug-likeness (QED) is 0.804. The normalized spacial score (nSPS) is 16.0. The Hall–Kier alpha value is -1.71. The first kappa shape index (κ1) is 18.1. The number of carbonyl (C=O) groups excluding carboxylic acids is 1. The fourth-order valence-electron chi connectivity index (χ4n) is 3.34. The van der Waals surface area contributed by atoms with Gasteiger partial charge in [-0.05, 0) is 49.1 Å². The number of para-hydroxylation sites is 1. The summed E-state index contributed by atoms with van der Waals surface area (Å²) in [4.78, 5) is 14.5. The highest BCUT2D eigenvalue weighted by atomic mass is 35.5. The fourth-order valence-corrected chi connectivity index (χ4v) is 3.84. The summed E-state index contributed by atoms with van der Waals surface area (Å²) in [6, 6.07) is 14.3. The number of fused-ring (bicyclic) bond motifs is 1. The summed E-state index contributed by atoms with van der Waals surface area (Å²) in [6.07, 6.45) is 2.24. The zero-order valence-electron chi connectivity index (χ0n) is 14.3. The Morgan fingerprint density at radius 2 is 2.04 bits per heavy atom. The molecule has 0 fully saturated rings. The molecular formula is C20H22Cl2N2O. The Balaban J connectivity index is 1.46. The molecule has 0 bridgehead atoms. The molecule has 0 spiro atoms. The smallest absolute Gasteiger partial charge is 0.221 e. The van der Waals surface area contributed by atoms with E-state index in [0.29, 0.717) is 35.5 Å². The SMILES string of the molecule is CC1Cc2ccccc2N1CCC(=O)NCCc1ccc(Cl)cc1Cl. The van der Waals surface area contributed by atoms with Gasteiger partial charge >= 0.3 is 0 Å². The molecule has 2 aromatic carbocycles. The molecule has 2 aromatic rings. The average molecular weight is 377 g/mol. The molecule has 3 nitrogen and oxygen atoms in total. The van der Waals surface area contributed by atoms with Crippen LogP contribution in [0, 0.1) is 0 Å². The van der Waals surface area contributed by atoms with Crippen molar-refractivity contribution in [3.05, 3.63) is 63.6 Å². The van der Waals surface area contributed by atoms with Crippen molar-refractivity contribution in [2.45, 2.75) is 32.2 Å². The number of hydrogen-bond donors (Lipinski definition) is 1. The van der Waals surface area contributed by atoms with Gasteiger partial charge in [0.1, 0.15) is 0 Å². The van der Waals surface area contributed by atoms with Gasteiger partial charge in [0.25, 0.3) is 0 Å². The second kappa shape index (κ2) is 8.11. The second-order valence-electron chi connectivity index (χ2n) is 6.46. The molecule has 0 saturated carbocycles.